The van der Waals surface area contributed by atoms with Gasteiger partial charge in [-0.2, -0.15) is 4.98 Å². The monoisotopic (exact) mass is 363 g/mol. The number of fused-ring (bicyclic) bond motifs is 1. The molecule has 26 heavy (non-hydrogen) atoms. The second-order valence-electron chi connectivity index (χ2n) is 5.41. The third-order valence-corrected chi connectivity index (χ3v) is 3.09. The topological polar surface area (TPSA) is 153 Å². The predicted molar refractivity (Wildman–Crippen MR) is 88.0 cm³/mol. The Morgan fingerprint density at radius 3 is 2.35 bits per heavy atom. The van der Waals surface area contributed by atoms with Crippen LogP contribution < -0.4 is 10.9 Å². The van der Waals surface area contributed by atoms with E-state index in [0.29, 0.717) is 0 Å². The van der Waals surface area contributed by atoms with Crippen LogP contribution in [0.5, 0.6) is 0 Å². The van der Waals surface area contributed by atoms with Crippen LogP contribution in [0.3, 0.4) is 0 Å². The molecule has 0 spiro atoms. The molecule has 0 fully saturated rings. The molecule has 0 unspecified atom stereocenters. The summed E-state index contributed by atoms with van der Waals surface area (Å²) in [6.07, 6.45) is -0.656. The number of aromatic nitrogens is 4. The highest BCUT2D eigenvalue weighted by Gasteiger charge is 2.27. The molecule has 0 saturated carbocycles. The molecule has 0 radical (unpaired) electrons. The van der Waals surface area contributed by atoms with Crippen LogP contribution in [0.15, 0.2) is 11.0 Å². The van der Waals surface area contributed by atoms with Crippen molar-refractivity contribution in [1.82, 2.24) is 19.9 Å². The fourth-order valence-electron chi connectivity index (χ4n) is 2.19. The first-order valence-electron chi connectivity index (χ1n) is 7.56. The molecule has 2 aromatic heterocycles. The number of rotatable bonds is 5. The van der Waals surface area contributed by atoms with Gasteiger partial charge in [-0.3, -0.25) is 29.5 Å². The Morgan fingerprint density at radius 2 is 1.77 bits per heavy atom. The zero-order valence-electron chi connectivity index (χ0n) is 14.5. The highest BCUT2D eigenvalue weighted by Crippen LogP contribution is 2.22. The van der Waals surface area contributed by atoms with E-state index in [9.17, 15) is 19.2 Å². The van der Waals surface area contributed by atoms with Crippen molar-refractivity contribution in [3.63, 3.8) is 0 Å². The summed E-state index contributed by atoms with van der Waals surface area (Å²) in [6.45, 7) is 5.18. The van der Waals surface area contributed by atoms with Gasteiger partial charge < -0.3 is 9.47 Å². The van der Waals surface area contributed by atoms with E-state index in [0.717, 1.165) is 0 Å². The second kappa shape index (κ2) is 7.68. The van der Waals surface area contributed by atoms with Gasteiger partial charge in [0.1, 0.15) is 11.8 Å². The molecule has 2 rings (SSSR count). The molecule has 0 aliphatic rings. The van der Waals surface area contributed by atoms with Crippen LogP contribution in [0.25, 0.3) is 11.2 Å². The molecule has 0 saturated heterocycles. The Morgan fingerprint density at radius 1 is 1.12 bits per heavy atom. The van der Waals surface area contributed by atoms with Crippen LogP contribution in [0.4, 0.5) is 5.95 Å². The standard InChI is InChI=1S/C15H17N5O6/c1-6(25-8(3)22)12(26-9(4)23)10-5-16-13-11(18-10)14(24)20-15(19-13)17-7(2)21/h5-6,12H,1-4H3,(H2,16,17,19,20,21,24)/t6-,12-/m0/s1. The summed E-state index contributed by atoms with van der Waals surface area (Å²) in [4.78, 5) is 60.3. The maximum absolute atomic E-state index is 12.2. The third kappa shape index (κ3) is 4.59. The fraction of sp³-hybridized carbons (Fsp3) is 0.400. The number of ether oxygens (including phenoxy) is 2. The number of carbonyl (C=O) groups is 3. The molecule has 0 bridgehead atoms. The number of anilines is 1. The van der Waals surface area contributed by atoms with Gasteiger partial charge in [0.2, 0.25) is 11.9 Å². The molecular formula is C15H17N5O6. The summed E-state index contributed by atoms with van der Waals surface area (Å²) in [5, 5.41) is 2.34. The van der Waals surface area contributed by atoms with Gasteiger partial charge in [0.05, 0.1) is 6.20 Å². The molecule has 0 aliphatic heterocycles. The molecule has 1 amide bonds. The van der Waals surface area contributed by atoms with E-state index in [1.165, 1.54) is 33.9 Å². The van der Waals surface area contributed by atoms with Crippen LogP contribution in [0.2, 0.25) is 0 Å². The summed E-state index contributed by atoms with van der Waals surface area (Å²) in [5.74, 6) is -1.67. The maximum Gasteiger partial charge on any atom is 0.303 e. The van der Waals surface area contributed by atoms with Crippen molar-refractivity contribution in [1.29, 1.82) is 0 Å². The predicted octanol–water partition coefficient (Wildman–Crippen LogP) is 0.227. The van der Waals surface area contributed by atoms with Crippen LogP contribution >= 0.6 is 0 Å². The lowest BCUT2D eigenvalue weighted by molar-refractivity contribution is -0.164. The molecular weight excluding hydrogens is 346 g/mol. The number of hydrogen-bond donors (Lipinski definition) is 2. The van der Waals surface area contributed by atoms with Crippen molar-refractivity contribution in [2.75, 3.05) is 5.32 Å². The largest absolute Gasteiger partial charge is 0.458 e. The van der Waals surface area contributed by atoms with E-state index in [4.69, 9.17) is 9.47 Å². The van der Waals surface area contributed by atoms with Gasteiger partial charge in [-0.15, -0.1) is 0 Å². The lowest BCUT2D eigenvalue weighted by atomic mass is 10.1. The van der Waals surface area contributed by atoms with Gasteiger partial charge in [0.25, 0.3) is 5.56 Å². The van der Waals surface area contributed by atoms with Gasteiger partial charge in [-0.25, -0.2) is 9.97 Å². The second-order valence-corrected chi connectivity index (χ2v) is 5.41. The van der Waals surface area contributed by atoms with Crippen LogP contribution in [-0.4, -0.2) is 43.9 Å². The molecule has 2 aromatic rings. The lowest BCUT2D eigenvalue weighted by Gasteiger charge is -2.22. The first kappa shape index (κ1) is 19.0. The number of carbonyl (C=O) groups excluding carboxylic acids is 3. The minimum Gasteiger partial charge on any atom is -0.458 e. The summed E-state index contributed by atoms with van der Waals surface area (Å²) < 4.78 is 10.2. The van der Waals surface area contributed by atoms with Crippen molar-refractivity contribution in [3.05, 3.63) is 22.2 Å². The molecule has 138 valence electrons. The summed E-state index contributed by atoms with van der Waals surface area (Å²) in [7, 11) is 0. The average Bonchev–Trinajstić information content (AvgIpc) is 2.51. The van der Waals surface area contributed by atoms with Gasteiger partial charge in [-0.1, -0.05) is 0 Å². The average molecular weight is 363 g/mol. The molecule has 11 heteroatoms. The van der Waals surface area contributed by atoms with E-state index < -0.39 is 35.6 Å². The van der Waals surface area contributed by atoms with Crippen molar-refractivity contribution >= 4 is 35.0 Å². The highest BCUT2D eigenvalue weighted by molar-refractivity contribution is 5.87. The summed E-state index contributed by atoms with van der Waals surface area (Å²) in [5.41, 5.74) is -0.664. The van der Waals surface area contributed by atoms with E-state index in [1.54, 1.807) is 0 Å². The first-order valence-corrected chi connectivity index (χ1v) is 7.56. The zero-order valence-corrected chi connectivity index (χ0v) is 14.5. The number of nitrogens with zero attached hydrogens (tertiary/aromatic N) is 3. The SMILES string of the molecule is CC(=O)Nc1nc2ncc([C@@H](OC(C)=O)[C@H](C)OC(C)=O)nc2c(=O)[nH]1. The van der Waals surface area contributed by atoms with Crippen molar-refractivity contribution in [2.24, 2.45) is 0 Å². The Labute approximate surface area is 147 Å². The van der Waals surface area contributed by atoms with Gasteiger partial charge >= 0.3 is 11.9 Å². The number of H-pyrrole nitrogens is 1. The summed E-state index contributed by atoms with van der Waals surface area (Å²) in [6, 6.07) is 0. The number of nitrogens with one attached hydrogen (secondary N) is 2. The van der Waals surface area contributed by atoms with Crippen LogP contribution in [-0.2, 0) is 23.9 Å². The molecule has 2 N–H and O–H groups in total. The lowest BCUT2D eigenvalue weighted by Crippen LogP contribution is -2.27. The molecule has 0 aliphatic carbocycles. The fourth-order valence-corrected chi connectivity index (χ4v) is 2.19. The number of amides is 1. The minimum absolute atomic E-state index is 0.0111. The van der Waals surface area contributed by atoms with E-state index >= 15 is 0 Å². The normalized spacial score (nSPS) is 12.9. The Balaban J connectivity index is 2.48. The number of aromatic amines is 1. The zero-order chi connectivity index (χ0) is 19.4. The summed E-state index contributed by atoms with van der Waals surface area (Å²) >= 11 is 0. The van der Waals surface area contributed by atoms with Crippen molar-refractivity contribution < 1.29 is 23.9 Å². The molecule has 2 atom stereocenters. The van der Waals surface area contributed by atoms with E-state index in [2.05, 4.69) is 25.3 Å². The highest BCUT2D eigenvalue weighted by atomic mass is 16.6. The van der Waals surface area contributed by atoms with Gasteiger partial charge in [0, 0.05) is 20.8 Å². The first-order chi connectivity index (χ1) is 12.2. The Hall–Kier alpha value is -3.37. The van der Waals surface area contributed by atoms with Crippen LogP contribution in [0.1, 0.15) is 39.5 Å². The minimum atomic E-state index is -1.05. The third-order valence-electron chi connectivity index (χ3n) is 3.09. The van der Waals surface area contributed by atoms with Gasteiger partial charge in [0.15, 0.2) is 17.3 Å². The smallest absolute Gasteiger partial charge is 0.303 e. The molecule has 11 nitrogen and oxygen atoms in total. The van der Waals surface area contributed by atoms with Crippen molar-refractivity contribution in [2.45, 2.75) is 39.9 Å². The quantitative estimate of drug-likeness (QED) is 0.710. The van der Waals surface area contributed by atoms with Crippen LogP contribution in [0, 0.1) is 0 Å². The molecule has 0 aromatic carbocycles. The van der Waals surface area contributed by atoms with Gasteiger partial charge in [-0.05, 0) is 6.92 Å². The van der Waals surface area contributed by atoms with Crippen molar-refractivity contribution in [3.8, 4) is 0 Å². The maximum atomic E-state index is 12.2. The number of esters is 2. The van der Waals surface area contributed by atoms with E-state index in [-0.39, 0.29) is 22.8 Å². The molecule has 2 heterocycles. The Bertz CT molecular complexity index is 924. The number of hydrogen-bond acceptors (Lipinski definition) is 9. The van der Waals surface area contributed by atoms with E-state index in [1.807, 2.05) is 0 Å². The Kier molecular flexibility index (Phi) is 5.60.